The summed E-state index contributed by atoms with van der Waals surface area (Å²) in [6, 6.07) is 0. The van der Waals surface area contributed by atoms with Gasteiger partial charge in [0, 0.05) is 6.54 Å². The van der Waals surface area contributed by atoms with E-state index in [0.717, 1.165) is 0 Å². The molecule has 62 valence electrons. The Labute approximate surface area is 65.7 Å². The zero-order valence-corrected chi connectivity index (χ0v) is 9.11. The molecule has 0 radical (unpaired) electrons. The lowest BCUT2D eigenvalue weighted by molar-refractivity contribution is 0.201. The first-order chi connectivity index (χ1) is 4.66. The molecule has 0 spiro atoms. The Bertz CT molecular complexity index is 83.7. The van der Waals surface area contributed by atoms with Crippen molar-refractivity contribution in [1.29, 1.82) is 0 Å². The van der Waals surface area contributed by atoms with E-state index in [4.69, 9.17) is 20.0 Å². The zero-order chi connectivity index (χ0) is 7.98. The molecule has 0 heterocycles. The van der Waals surface area contributed by atoms with Gasteiger partial charge in [0.2, 0.25) is 0 Å². The van der Waals surface area contributed by atoms with Crippen molar-refractivity contribution in [2.75, 3.05) is 6.54 Å². The molecule has 0 aliphatic carbocycles. The van der Waals surface area contributed by atoms with Crippen LogP contribution in [-0.4, -0.2) is 31.8 Å². The van der Waals surface area contributed by atoms with Crippen LogP contribution < -0.4 is 11.5 Å². The number of rotatable bonds is 5. The summed E-state index contributed by atoms with van der Waals surface area (Å²) in [4.78, 5) is 0. The summed E-state index contributed by atoms with van der Waals surface area (Å²) in [6.07, 6.45) is -0.320. The van der Waals surface area contributed by atoms with Gasteiger partial charge in [-0.05, 0) is 13.1 Å². The maximum atomic E-state index is 5.38. The van der Waals surface area contributed by atoms with Crippen molar-refractivity contribution in [3.63, 3.8) is 0 Å². The fraction of sp³-hybridized carbons (Fsp3) is 1.00. The van der Waals surface area contributed by atoms with Crippen molar-refractivity contribution < 1.29 is 8.54 Å². The third kappa shape index (κ3) is 6.39. The first-order valence-corrected chi connectivity index (χ1v) is 7.29. The van der Waals surface area contributed by atoms with Gasteiger partial charge in [-0.2, -0.15) is 0 Å². The molecule has 0 aromatic rings. The van der Waals surface area contributed by atoms with Gasteiger partial charge < -0.3 is 20.0 Å². The Kier molecular flexibility index (Phi) is 6.18. The van der Waals surface area contributed by atoms with Crippen molar-refractivity contribution in [1.82, 2.24) is 0 Å². The van der Waals surface area contributed by atoms with Crippen LogP contribution in [0.25, 0.3) is 0 Å². The number of hydrogen-bond donors (Lipinski definition) is 2. The highest BCUT2D eigenvalue weighted by Crippen LogP contribution is 1.83. The summed E-state index contributed by atoms with van der Waals surface area (Å²) >= 11 is 0. The van der Waals surface area contributed by atoms with Crippen LogP contribution in [0.5, 0.6) is 0 Å². The lowest BCUT2D eigenvalue weighted by Gasteiger charge is -2.11. The van der Waals surface area contributed by atoms with E-state index in [1.807, 2.05) is 0 Å². The molecule has 4 N–H and O–H groups in total. The highest BCUT2D eigenvalue weighted by atomic mass is 28.4. The predicted octanol–water partition coefficient (Wildman–Crippen LogP) is -1.75. The van der Waals surface area contributed by atoms with Gasteiger partial charge in [0.15, 0.2) is 9.04 Å². The second-order valence-electron chi connectivity index (χ2n) is 2.27. The van der Waals surface area contributed by atoms with E-state index in [-0.39, 0.29) is 6.23 Å². The maximum absolute atomic E-state index is 5.38. The van der Waals surface area contributed by atoms with Gasteiger partial charge in [0.25, 0.3) is 10.0 Å². The highest BCUT2D eigenvalue weighted by molar-refractivity contribution is 6.54. The first-order valence-electron chi connectivity index (χ1n) is 3.35. The molecule has 0 aliphatic heterocycles. The minimum atomic E-state index is -0.900. The van der Waals surface area contributed by atoms with Crippen LogP contribution in [0.2, 0.25) is 13.1 Å². The van der Waals surface area contributed by atoms with Crippen LogP contribution in [0.15, 0.2) is 0 Å². The van der Waals surface area contributed by atoms with Crippen LogP contribution >= 0.6 is 0 Å². The maximum Gasteiger partial charge on any atom is 0.295 e. The minimum absolute atomic E-state index is 0.320. The molecule has 1 unspecified atom stereocenters. The lowest BCUT2D eigenvalue weighted by atomic mass is 10.6. The molecule has 0 amide bonds. The molecule has 0 rings (SSSR count). The quantitative estimate of drug-likeness (QED) is 0.389. The Morgan fingerprint density at radius 2 is 2.20 bits per heavy atom. The SMILES string of the molecule is C[SiH](C)O[SiH2]OC(N)CN. The molecule has 0 fully saturated rings. The number of nitrogens with two attached hydrogens (primary N) is 2. The standard InChI is InChI=1S/C4H16N2O2Si2/c1-10(2)8-9-7-4(6)3-5/h4,10H,3,5-6,9H2,1-2H3. The average molecular weight is 180 g/mol. The monoisotopic (exact) mass is 180 g/mol. The van der Waals surface area contributed by atoms with Crippen LogP contribution in [0, 0.1) is 0 Å². The third-order valence-electron chi connectivity index (χ3n) is 0.916. The second kappa shape index (κ2) is 6.01. The van der Waals surface area contributed by atoms with Crippen molar-refractivity contribution in [2.24, 2.45) is 11.5 Å². The molecule has 1 atom stereocenters. The van der Waals surface area contributed by atoms with Gasteiger partial charge >= 0.3 is 0 Å². The van der Waals surface area contributed by atoms with E-state index < -0.39 is 19.0 Å². The van der Waals surface area contributed by atoms with Crippen LogP contribution in [0.1, 0.15) is 0 Å². The molecule has 0 saturated carbocycles. The smallest absolute Gasteiger partial charge is 0.295 e. The van der Waals surface area contributed by atoms with Crippen LogP contribution in [-0.2, 0) is 8.54 Å². The summed E-state index contributed by atoms with van der Waals surface area (Å²) in [5.41, 5.74) is 10.6. The Hall–Kier alpha value is 0.274. The van der Waals surface area contributed by atoms with Gasteiger partial charge in [-0.1, -0.05) is 0 Å². The number of hydrogen-bond acceptors (Lipinski definition) is 4. The van der Waals surface area contributed by atoms with Gasteiger partial charge in [0.05, 0.1) is 0 Å². The van der Waals surface area contributed by atoms with E-state index in [2.05, 4.69) is 13.1 Å². The molecule has 4 nitrogen and oxygen atoms in total. The average Bonchev–Trinajstić information content (AvgIpc) is 1.87. The van der Waals surface area contributed by atoms with Crippen LogP contribution in [0.4, 0.5) is 0 Å². The molecule has 0 bridgehead atoms. The van der Waals surface area contributed by atoms with Crippen LogP contribution in [0.3, 0.4) is 0 Å². The summed E-state index contributed by atoms with van der Waals surface area (Å²) in [5.74, 6) is 0. The fourth-order valence-corrected chi connectivity index (χ4v) is 2.04. The third-order valence-corrected chi connectivity index (χ3v) is 4.69. The minimum Gasteiger partial charge on any atom is -0.443 e. The first kappa shape index (κ1) is 10.3. The van der Waals surface area contributed by atoms with E-state index in [1.54, 1.807) is 0 Å². The molecular formula is C4H16N2O2Si2. The Morgan fingerprint density at radius 3 is 2.60 bits per heavy atom. The Balaban J connectivity index is 3.03. The van der Waals surface area contributed by atoms with Gasteiger partial charge in [-0.3, -0.25) is 0 Å². The topological polar surface area (TPSA) is 70.5 Å². The van der Waals surface area contributed by atoms with E-state index in [0.29, 0.717) is 6.54 Å². The summed E-state index contributed by atoms with van der Waals surface area (Å²) < 4.78 is 10.4. The van der Waals surface area contributed by atoms with Gasteiger partial charge in [-0.25, -0.2) is 0 Å². The molecular weight excluding hydrogens is 164 g/mol. The second-order valence-corrected chi connectivity index (χ2v) is 6.27. The van der Waals surface area contributed by atoms with Gasteiger partial charge in [0.1, 0.15) is 6.23 Å². The van der Waals surface area contributed by atoms with E-state index in [9.17, 15) is 0 Å². The molecule has 10 heavy (non-hydrogen) atoms. The largest absolute Gasteiger partial charge is 0.443 e. The molecule has 0 aliphatic rings. The predicted molar refractivity (Wildman–Crippen MR) is 46.6 cm³/mol. The van der Waals surface area contributed by atoms with E-state index >= 15 is 0 Å². The molecule has 0 saturated heterocycles. The highest BCUT2D eigenvalue weighted by Gasteiger charge is 2.00. The van der Waals surface area contributed by atoms with Crippen molar-refractivity contribution >= 4 is 19.0 Å². The van der Waals surface area contributed by atoms with Gasteiger partial charge in [-0.15, -0.1) is 0 Å². The van der Waals surface area contributed by atoms with Crippen molar-refractivity contribution in [3.05, 3.63) is 0 Å². The van der Waals surface area contributed by atoms with E-state index in [1.165, 1.54) is 0 Å². The normalized spacial score (nSPS) is 15.3. The zero-order valence-electron chi connectivity index (χ0n) is 6.54. The fourth-order valence-electron chi connectivity index (χ4n) is 0.331. The molecule has 0 aromatic carbocycles. The molecule has 6 heteroatoms. The van der Waals surface area contributed by atoms with Crippen molar-refractivity contribution in [3.8, 4) is 0 Å². The lowest BCUT2D eigenvalue weighted by Crippen LogP contribution is -2.35. The van der Waals surface area contributed by atoms with Crippen molar-refractivity contribution in [2.45, 2.75) is 19.3 Å². The summed E-state index contributed by atoms with van der Waals surface area (Å²) in [6.45, 7) is 4.57. The Morgan fingerprint density at radius 1 is 1.60 bits per heavy atom. The summed E-state index contributed by atoms with van der Waals surface area (Å²) in [5, 5.41) is 0. The molecule has 0 aromatic heterocycles. The summed E-state index contributed by atoms with van der Waals surface area (Å²) in [7, 11) is -1.74.